The molecule has 14 heavy (non-hydrogen) atoms. The third-order valence-electron chi connectivity index (χ3n) is 2.04. The van der Waals surface area contributed by atoms with Gasteiger partial charge in [0.25, 0.3) is 0 Å². The summed E-state index contributed by atoms with van der Waals surface area (Å²) in [6.45, 7) is 4.19. The number of aliphatic imine (C=N–C) groups is 1. The van der Waals surface area contributed by atoms with Gasteiger partial charge in [0.2, 0.25) is 6.08 Å². The molecule has 0 aliphatic rings. The van der Waals surface area contributed by atoms with Crippen LogP contribution < -0.4 is 4.74 Å². The van der Waals surface area contributed by atoms with Crippen LogP contribution in [0.25, 0.3) is 0 Å². The maximum atomic E-state index is 10.1. The van der Waals surface area contributed by atoms with Crippen LogP contribution in [-0.4, -0.2) is 13.2 Å². The summed E-state index contributed by atoms with van der Waals surface area (Å²) in [5.74, 6) is 1.04. The van der Waals surface area contributed by atoms with Crippen molar-refractivity contribution < 1.29 is 9.53 Å². The molecule has 0 aliphatic carbocycles. The van der Waals surface area contributed by atoms with E-state index in [9.17, 15) is 4.79 Å². The molecule has 0 saturated carbocycles. The van der Waals surface area contributed by atoms with Gasteiger partial charge in [-0.2, -0.15) is 4.99 Å². The third-order valence-corrected chi connectivity index (χ3v) is 2.04. The lowest BCUT2D eigenvalue weighted by Gasteiger charge is -2.08. The molecule has 0 saturated heterocycles. The number of isocyanates is 1. The normalized spacial score (nSPS) is 9.71. The fraction of sp³-hybridized carbons (Fsp3) is 0.364. The van der Waals surface area contributed by atoms with Gasteiger partial charge in [-0.25, -0.2) is 4.79 Å². The van der Waals surface area contributed by atoms with Gasteiger partial charge in [-0.3, -0.25) is 0 Å². The highest BCUT2D eigenvalue weighted by molar-refractivity contribution is 5.58. The Balaban J connectivity index is 3.17. The average Bonchev–Trinajstić information content (AvgIpc) is 2.18. The molecule has 0 amide bonds. The summed E-state index contributed by atoms with van der Waals surface area (Å²) in [7, 11) is 1.56. The largest absolute Gasteiger partial charge is 0.494 e. The number of nitrogens with zero attached hydrogens (tertiary/aromatic N) is 1. The summed E-state index contributed by atoms with van der Waals surface area (Å²) in [6, 6.07) is 5.59. The number of hydrogen-bond donors (Lipinski definition) is 0. The van der Waals surface area contributed by atoms with Crippen molar-refractivity contribution >= 4 is 11.8 Å². The number of carbonyl (C=O) groups excluding carboxylic acids is 1. The van der Waals surface area contributed by atoms with Crippen molar-refractivity contribution in [1.82, 2.24) is 0 Å². The lowest BCUT2D eigenvalue weighted by atomic mass is 10.0. The van der Waals surface area contributed by atoms with Crippen molar-refractivity contribution in [3.05, 3.63) is 23.8 Å². The topological polar surface area (TPSA) is 38.7 Å². The predicted molar refractivity (Wildman–Crippen MR) is 54.9 cm³/mol. The molecule has 0 spiro atoms. The first-order valence-corrected chi connectivity index (χ1v) is 4.45. The molecule has 3 nitrogen and oxygen atoms in total. The second kappa shape index (κ2) is 4.58. The summed E-state index contributed by atoms with van der Waals surface area (Å²) >= 11 is 0. The number of benzene rings is 1. The SMILES string of the molecule is COc1cc(C(C)C)ccc1N=C=O. The first-order chi connectivity index (χ1) is 6.69. The molecule has 0 atom stereocenters. The summed E-state index contributed by atoms with van der Waals surface area (Å²) in [5.41, 5.74) is 1.68. The molecular formula is C11H13NO2. The Morgan fingerprint density at radius 1 is 1.43 bits per heavy atom. The van der Waals surface area contributed by atoms with Crippen LogP contribution in [0.1, 0.15) is 25.3 Å². The Morgan fingerprint density at radius 3 is 2.64 bits per heavy atom. The van der Waals surface area contributed by atoms with E-state index >= 15 is 0 Å². The highest BCUT2D eigenvalue weighted by Crippen LogP contribution is 2.30. The molecule has 0 aromatic heterocycles. The lowest BCUT2D eigenvalue weighted by Crippen LogP contribution is -1.90. The lowest BCUT2D eigenvalue weighted by molar-refractivity contribution is 0.415. The Morgan fingerprint density at radius 2 is 2.14 bits per heavy atom. The van der Waals surface area contributed by atoms with Crippen LogP contribution in [0.3, 0.4) is 0 Å². The Labute approximate surface area is 83.4 Å². The van der Waals surface area contributed by atoms with Gasteiger partial charge in [-0.15, -0.1) is 0 Å². The molecule has 74 valence electrons. The fourth-order valence-electron chi connectivity index (χ4n) is 1.19. The van der Waals surface area contributed by atoms with Crippen LogP contribution in [0.4, 0.5) is 5.69 Å². The van der Waals surface area contributed by atoms with Crippen LogP contribution in [0.15, 0.2) is 23.2 Å². The molecular weight excluding hydrogens is 178 g/mol. The Kier molecular flexibility index (Phi) is 3.43. The highest BCUT2D eigenvalue weighted by atomic mass is 16.5. The molecule has 0 fully saturated rings. The van der Waals surface area contributed by atoms with Gasteiger partial charge in [0.1, 0.15) is 11.4 Å². The minimum atomic E-state index is 0.429. The van der Waals surface area contributed by atoms with Gasteiger partial charge in [-0.1, -0.05) is 19.9 Å². The zero-order chi connectivity index (χ0) is 10.6. The van der Waals surface area contributed by atoms with E-state index in [0.717, 1.165) is 5.56 Å². The molecule has 0 bridgehead atoms. The second-order valence-corrected chi connectivity index (χ2v) is 3.29. The van der Waals surface area contributed by atoms with Crippen molar-refractivity contribution in [2.75, 3.05) is 7.11 Å². The summed E-state index contributed by atoms with van der Waals surface area (Å²) < 4.78 is 5.12. The standard InChI is InChI=1S/C11H13NO2/c1-8(2)9-4-5-10(12-7-13)11(6-9)14-3/h4-6,8H,1-3H3. The van der Waals surface area contributed by atoms with Crippen LogP contribution in [0, 0.1) is 0 Å². The van der Waals surface area contributed by atoms with Crippen LogP contribution >= 0.6 is 0 Å². The van der Waals surface area contributed by atoms with Crippen LogP contribution in [0.5, 0.6) is 5.75 Å². The van der Waals surface area contributed by atoms with Gasteiger partial charge in [0, 0.05) is 0 Å². The van der Waals surface area contributed by atoms with E-state index in [4.69, 9.17) is 4.74 Å². The van der Waals surface area contributed by atoms with Gasteiger partial charge >= 0.3 is 0 Å². The zero-order valence-corrected chi connectivity index (χ0v) is 8.57. The summed E-state index contributed by atoms with van der Waals surface area (Å²) in [6.07, 6.45) is 1.50. The van der Waals surface area contributed by atoms with E-state index in [1.807, 2.05) is 12.1 Å². The molecule has 0 radical (unpaired) electrons. The quantitative estimate of drug-likeness (QED) is 0.544. The minimum Gasteiger partial charge on any atom is -0.494 e. The Hall–Kier alpha value is -1.60. The maximum absolute atomic E-state index is 10.1. The minimum absolute atomic E-state index is 0.429. The predicted octanol–water partition coefficient (Wildman–Crippen LogP) is 2.79. The molecule has 0 unspecified atom stereocenters. The second-order valence-electron chi connectivity index (χ2n) is 3.29. The first-order valence-electron chi connectivity index (χ1n) is 4.45. The molecule has 1 rings (SSSR count). The highest BCUT2D eigenvalue weighted by Gasteiger charge is 2.05. The smallest absolute Gasteiger partial charge is 0.240 e. The molecule has 1 aromatic rings. The van der Waals surface area contributed by atoms with Crippen molar-refractivity contribution in [2.45, 2.75) is 19.8 Å². The maximum Gasteiger partial charge on any atom is 0.240 e. The van der Waals surface area contributed by atoms with Gasteiger partial charge < -0.3 is 4.74 Å². The van der Waals surface area contributed by atoms with Crippen molar-refractivity contribution in [3.63, 3.8) is 0 Å². The van der Waals surface area contributed by atoms with Crippen LogP contribution in [-0.2, 0) is 4.79 Å². The van der Waals surface area contributed by atoms with Crippen molar-refractivity contribution in [3.8, 4) is 5.75 Å². The van der Waals surface area contributed by atoms with E-state index < -0.39 is 0 Å². The number of rotatable bonds is 3. The number of ether oxygens (including phenoxy) is 1. The van der Waals surface area contributed by atoms with Gasteiger partial charge in [0.15, 0.2) is 0 Å². The van der Waals surface area contributed by atoms with E-state index in [2.05, 4.69) is 18.8 Å². The molecule has 0 aliphatic heterocycles. The van der Waals surface area contributed by atoms with E-state index in [-0.39, 0.29) is 0 Å². The average molecular weight is 191 g/mol. The van der Waals surface area contributed by atoms with Crippen molar-refractivity contribution in [2.24, 2.45) is 4.99 Å². The van der Waals surface area contributed by atoms with Gasteiger partial charge in [0.05, 0.1) is 7.11 Å². The Bertz CT molecular complexity index is 366. The molecule has 1 aromatic carbocycles. The number of methoxy groups -OCH3 is 1. The van der Waals surface area contributed by atoms with Crippen molar-refractivity contribution in [1.29, 1.82) is 0 Å². The van der Waals surface area contributed by atoms with E-state index in [1.165, 1.54) is 6.08 Å². The molecule has 0 heterocycles. The number of hydrogen-bond acceptors (Lipinski definition) is 3. The summed E-state index contributed by atoms with van der Waals surface area (Å²) in [5, 5.41) is 0. The monoisotopic (exact) mass is 191 g/mol. The fourth-order valence-corrected chi connectivity index (χ4v) is 1.19. The van der Waals surface area contributed by atoms with Gasteiger partial charge in [-0.05, 0) is 23.6 Å². The van der Waals surface area contributed by atoms with Crippen LogP contribution in [0.2, 0.25) is 0 Å². The summed E-state index contributed by atoms with van der Waals surface area (Å²) in [4.78, 5) is 13.7. The zero-order valence-electron chi connectivity index (χ0n) is 8.57. The third kappa shape index (κ3) is 2.21. The molecule has 0 N–H and O–H groups in total. The molecule has 3 heteroatoms. The first kappa shape index (κ1) is 10.5. The van der Waals surface area contributed by atoms with E-state index in [0.29, 0.717) is 17.4 Å². The van der Waals surface area contributed by atoms with E-state index in [1.54, 1.807) is 13.2 Å².